The van der Waals surface area contributed by atoms with Crippen molar-refractivity contribution in [1.82, 2.24) is 5.32 Å². The Morgan fingerprint density at radius 3 is 3.07 bits per heavy atom. The molecule has 1 aromatic rings. The second-order valence-electron chi connectivity index (χ2n) is 3.50. The number of rotatable bonds is 0. The molecule has 1 amide bonds. The fourth-order valence-corrected chi connectivity index (χ4v) is 1.53. The van der Waals surface area contributed by atoms with Gasteiger partial charge >= 0.3 is 0 Å². The van der Waals surface area contributed by atoms with E-state index >= 15 is 0 Å². The fourth-order valence-electron chi connectivity index (χ4n) is 1.53. The van der Waals surface area contributed by atoms with E-state index in [4.69, 9.17) is 5.73 Å². The smallest absolute Gasteiger partial charge is 0.242 e. The summed E-state index contributed by atoms with van der Waals surface area (Å²) in [6.07, 6.45) is 0. The van der Waals surface area contributed by atoms with Crippen LogP contribution in [0.5, 0.6) is 0 Å². The number of hydrogen-bond donors (Lipinski definition) is 3. The number of amides is 1. The van der Waals surface area contributed by atoms with Gasteiger partial charge in [0.05, 0.1) is 0 Å². The van der Waals surface area contributed by atoms with E-state index in [0.717, 1.165) is 11.3 Å². The summed E-state index contributed by atoms with van der Waals surface area (Å²) in [5.41, 5.74) is 8.39. The summed E-state index contributed by atoms with van der Waals surface area (Å²) in [6, 6.07) is 5.41. The van der Waals surface area contributed by atoms with Crippen LogP contribution in [0.15, 0.2) is 18.2 Å². The zero-order valence-corrected chi connectivity index (χ0v) is 8.00. The van der Waals surface area contributed by atoms with Gasteiger partial charge in [0.2, 0.25) is 5.91 Å². The first kappa shape index (κ1) is 8.87. The van der Waals surface area contributed by atoms with Gasteiger partial charge in [0.1, 0.15) is 6.04 Å². The molecule has 4 nitrogen and oxygen atoms in total. The Hall–Kier alpha value is -1.71. The van der Waals surface area contributed by atoms with E-state index in [1.54, 1.807) is 0 Å². The van der Waals surface area contributed by atoms with Crippen molar-refractivity contribution in [2.75, 3.05) is 11.1 Å². The third-order valence-corrected chi connectivity index (χ3v) is 2.35. The van der Waals surface area contributed by atoms with Crippen molar-refractivity contribution in [2.24, 2.45) is 0 Å². The molecule has 0 saturated heterocycles. The van der Waals surface area contributed by atoms with Crippen LogP contribution in [0, 0.1) is 0 Å². The minimum Gasteiger partial charge on any atom is -0.399 e. The standard InChI is InChI=1S/C10H13N3O/c1-6-10(14)12-5-7-4-8(11)2-3-9(7)13-6/h2-4,6,13H,5,11H2,1H3,(H,12,14). The van der Waals surface area contributed by atoms with Crippen molar-refractivity contribution in [3.8, 4) is 0 Å². The molecule has 74 valence electrons. The second kappa shape index (κ2) is 3.21. The van der Waals surface area contributed by atoms with Crippen molar-refractivity contribution in [3.63, 3.8) is 0 Å². The third-order valence-electron chi connectivity index (χ3n) is 2.35. The normalized spacial score (nSPS) is 20.4. The number of benzene rings is 1. The van der Waals surface area contributed by atoms with Crippen LogP contribution in [-0.2, 0) is 11.3 Å². The summed E-state index contributed by atoms with van der Waals surface area (Å²) in [5, 5.41) is 5.95. The fraction of sp³-hybridized carbons (Fsp3) is 0.300. The maximum Gasteiger partial charge on any atom is 0.242 e. The molecule has 4 heteroatoms. The molecule has 0 aliphatic carbocycles. The summed E-state index contributed by atoms with van der Waals surface area (Å²) >= 11 is 0. The highest BCUT2D eigenvalue weighted by Crippen LogP contribution is 2.21. The zero-order valence-electron chi connectivity index (χ0n) is 8.00. The molecule has 14 heavy (non-hydrogen) atoms. The van der Waals surface area contributed by atoms with Crippen LogP contribution in [0.4, 0.5) is 11.4 Å². The maximum atomic E-state index is 11.4. The average Bonchev–Trinajstić information content (AvgIpc) is 2.29. The van der Waals surface area contributed by atoms with Crippen molar-refractivity contribution in [3.05, 3.63) is 23.8 Å². The Labute approximate surface area is 82.5 Å². The first-order valence-electron chi connectivity index (χ1n) is 4.59. The predicted octanol–water partition coefficient (Wildman–Crippen LogP) is 0.699. The molecule has 1 aromatic carbocycles. The second-order valence-corrected chi connectivity index (χ2v) is 3.50. The van der Waals surface area contributed by atoms with Gasteiger partial charge in [0.25, 0.3) is 0 Å². The van der Waals surface area contributed by atoms with Crippen molar-refractivity contribution in [2.45, 2.75) is 19.5 Å². The van der Waals surface area contributed by atoms with E-state index in [-0.39, 0.29) is 11.9 Å². The van der Waals surface area contributed by atoms with Crippen molar-refractivity contribution < 1.29 is 4.79 Å². The highest BCUT2D eigenvalue weighted by atomic mass is 16.2. The molecule has 1 heterocycles. The molecule has 4 N–H and O–H groups in total. The van der Waals surface area contributed by atoms with Gasteiger partial charge in [-0.05, 0) is 30.7 Å². The summed E-state index contributed by atoms with van der Waals surface area (Å²) in [7, 11) is 0. The number of hydrogen-bond acceptors (Lipinski definition) is 3. The van der Waals surface area contributed by atoms with E-state index in [1.165, 1.54) is 0 Å². The number of carbonyl (C=O) groups is 1. The maximum absolute atomic E-state index is 11.4. The van der Waals surface area contributed by atoms with Crippen LogP contribution in [0.3, 0.4) is 0 Å². The summed E-state index contributed by atoms with van der Waals surface area (Å²) < 4.78 is 0. The predicted molar refractivity (Wildman–Crippen MR) is 55.8 cm³/mol. The zero-order chi connectivity index (χ0) is 10.1. The monoisotopic (exact) mass is 191 g/mol. The summed E-state index contributed by atoms with van der Waals surface area (Å²) in [5.74, 6) is 0.0137. The first-order valence-corrected chi connectivity index (χ1v) is 4.59. The van der Waals surface area contributed by atoms with E-state index in [0.29, 0.717) is 12.2 Å². The van der Waals surface area contributed by atoms with Crippen LogP contribution in [0.25, 0.3) is 0 Å². The van der Waals surface area contributed by atoms with Gasteiger partial charge in [-0.25, -0.2) is 0 Å². The number of nitrogens with one attached hydrogen (secondary N) is 2. The average molecular weight is 191 g/mol. The van der Waals surface area contributed by atoms with Gasteiger partial charge in [-0.1, -0.05) is 0 Å². The first-order chi connectivity index (χ1) is 6.66. The number of anilines is 2. The van der Waals surface area contributed by atoms with Gasteiger partial charge in [-0.3, -0.25) is 4.79 Å². The lowest BCUT2D eigenvalue weighted by Crippen LogP contribution is -2.34. The van der Waals surface area contributed by atoms with Crippen LogP contribution in [-0.4, -0.2) is 11.9 Å². The molecule has 1 atom stereocenters. The number of fused-ring (bicyclic) bond motifs is 1. The molecule has 2 rings (SSSR count). The number of carbonyl (C=O) groups excluding carboxylic acids is 1. The Balaban J connectivity index is 2.37. The SMILES string of the molecule is CC1Nc2ccc(N)cc2CNC1=O. The highest BCUT2D eigenvalue weighted by Gasteiger charge is 2.18. The summed E-state index contributed by atoms with van der Waals surface area (Å²) in [6.45, 7) is 2.37. The molecule has 1 aliphatic heterocycles. The van der Waals surface area contributed by atoms with Gasteiger partial charge in [0, 0.05) is 17.9 Å². The van der Waals surface area contributed by atoms with Crippen LogP contribution in [0.2, 0.25) is 0 Å². The Kier molecular flexibility index (Phi) is 2.04. The molecule has 0 aromatic heterocycles. The highest BCUT2D eigenvalue weighted by molar-refractivity contribution is 5.86. The molecular weight excluding hydrogens is 178 g/mol. The number of nitrogens with two attached hydrogens (primary N) is 1. The lowest BCUT2D eigenvalue weighted by atomic mass is 10.1. The Bertz CT molecular complexity index is 376. The molecule has 1 aliphatic rings. The molecule has 1 unspecified atom stereocenters. The molecule has 0 fully saturated rings. The quantitative estimate of drug-likeness (QED) is 0.529. The van der Waals surface area contributed by atoms with Crippen LogP contribution in [0.1, 0.15) is 12.5 Å². The van der Waals surface area contributed by atoms with E-state index in [1.807, 2.05) is 25.1 Å². The van der Waals surface area contributed by atoms with E-state index in [2.05, 4.69) is 10.6 Å². The van der Waals surface area contributed by atoms with Crippen LogP contribution < -0.4 is 16.4 Å². The van der Waals surface area contributed by atoms with Crippen molar-refractivity contribution >= 4 is 17.3 Å². The minimum atomic E-state index is -0.195. The third kappa shape index (κ3) is 1.51. The van der Waals surface area contributed by atoms with Gasteiger partial charge in [-0.15, -0.1) is 0 Å². The Morgan fingerprint density at radius 2 is 2.29 bits per heavy atom. The summed E-state index contributed by atoms with van der Waals surface area (Å²) in [4.78, 5) is 11.4. The van der Waals surface area contributed by atoms with E-state index < -0.39 is 0 Å². The molecule has 0 saturated carbocycles. The van der Waals surface area contributed by atoms with Crippen molar-refractivity contribution in [1.29, 1.82) is 0 Å². The lowest BCUT2D eigenvalue weighted by molar-refractivity contribution is -0.121. The number of nitrogen functional groups attached to an aromatic ring is 1. The topological polar surface area (TPSA) is 67.2 Å². The molecule has 0 radical (unpaired) electrons. The van der Waals surface area contributed by atoms with Crippen LogP contribution >= 0.6 is 0 Å². The van der Waals surface area contributed by atoms with Gasteiger partial charge in [-0.2, -0.15) is 0 Å². The van der Waals surface area contributed by atoms with E-state index in [9.17, 15) is 4.79 Å². The molecule has 0 spiro atoms. The van der Waals surface area contributed by atoms with Gasteiger partial charge < -0.3 is 16.4 Å². The van der Waals surface area contributed by atoms with Gasteiger partial charge in [0.15, 0.2) is 0 Å². The largest absolute Gasteiger partial charge is 0.399 e. The Morgan fingerprint density at radius 1 is 1.50 bits per heavy atom. The molecular formula is C10H13N3O. The lowest BCUT2D eigenvalue weighted by Gasteiger charge is -2.10. The minimum absolute atomic E-state index is 0.0137. The molecule has 0 bridgehead atoms.